The first-order valence-corrected chi connectivity index (χ1v) is 5.85. The smallest absolute Gasteiger partial charge is 0.0956 e. The highest BCUT2D eigenvalue weighted by atomic mass is 35.5. The molecule has 0 heterocycles. The number of rotatable bonds is 5. The first kappa shape index (κ1) is 13.7. The van der Waals surface area contributed by atoms with Gasteiger partial charge in [0.2, 0.25) is 0 Å². The van der Waals surface area contributed by atoms with E-state index >= 15 is 0 Å². The fourth-order valence-corrected chi connectivity index (χ4v) is 1.85. The van der Waals surface area contributed by atoms with E-state index in [1.165, 1.54) is 0 Å². The largest absolute Gasteiger partial charge is 0.387 e. The number of hydrogen-bond donors (Lipinski definition) is 3. The molecule has 0 amide bonds. The van der Waals surface area contributed by atoms with Crippen LogP contribution in [-0.4, -0.2) is 24.7 Å². The summed E-state index contributed by atoms with van der Waals surface area (Å²) in [5, 5.41) is 14.0. The molecular weight excluding hydrogens is 247 g/mol. The molecule has 2 atom stereocenters. The van der Waals surface area contributed by atoms with Crippen LogP contribution < -0.4 is 11.1 Å². The molecule has 0 saturated carbocycles. The van der Waals surface area contributed by atoms with Crippen LogP contribution in [0.5, 0.6) is 0 Å². The van der Waals surface area contributed by atoms with Gasteiger partial charge in [-0.2, -0.15) is 0 Å². The summed E-state index contributed by atoms with van der Waals surface area (Å²) in [6.45, 7) is 0.746. The van der Waals surface area contributed by atoms with E-state index in [2.05, 4.69) is 5.32 Å². The lowest BCUT2D eigenvalue weighted by Gasteiger charge is -2.20. The summed E-state index contributed by atoms with van der Waals surface area (Å²) < 4.78 is 0. The predicted molar refractivity (Wildman–Crippen MR) is 67.9 cm³/mol. The molecule has 0 aliphatic heterocycles. The summed E-state index contributed by atoms with van der Waals surface area (Å²) in [7, 11) is 1.84. The zero-order chi connectivity index (χ0) is 12.1. The van der Waals surface area contributed by atoms with Crippen LogP contribution >= 0.6 is 23.2 Å². The molecule has 5 heteroatoms. The molecule has 0 saturated heterocycles. The molecule has 0 aromatic heterocycles. The van der Waals surface area contributed by atoms with Crippen LogP contribution in [-0.2, 0) is 0 Å². The maximum Gasteiger partial charge on any atom is 0.0956 e. The third-order valence-electron chi connectivity index (χ3n) is 2.41. The normalized spacial score (nSPS) is 14.8. The molecule has 1 aromatic rings. The van der Waals surface area contributed by atoms with Crippen LogP contribution in [0.3, 0.4) is 0 Å². The van der Waals surface area contributed by atoms with Gasteiger partial charge in [0.1, 0.15) is 0 Å². The van der Waals surface area contributed by atoms with E-state index in [0.717, 1.165) is 6.54 Å². The molecule has 0 fully saturated rings. The van der Waals surface area contributed by atoms with Crippen molar-refractivity contribution >= 4 is 23.2 Å². The zero-order valence-corrected chi connectivity index (χ0v) is 10.6. The lowest BCUT2D eigenvalue weighted by Crippen LogP contribution is -2.31. The van der Waals surface area contributed by atoms with E-state index < -0.39 is 6.10 Å². The molecule has 3 nitrogen and oxygen atoms in total. The second kappa shape index (κ2) is 6.42. The molecule has 2 unspecified atom stereocenters. The van der Waals surface area contributed by atoms with Crippen LogP contribution in [0, 0.1) is 0 Å². The Morgan fingerprint density at radius 1 is 1.44 bits per heavy atom. The van der Waals surface area contributed by atoms with E-state index in [-0.39, 0.29) is 6.04 Å². The van der Waals surface area contributed by atoms with Crippen molar-refractivity contribution in [2.45, 2.75) is 18.6 Å². The molecule has 1 rings (SSSR count). The van der Waals surface area contributed by atoms with Crippen molar-refractivity contribution in [1.29, 1.82) is 0 Å². The van der Waals surface area contributed by atoms with Crippen molar-refractivity contribution in [2.75, 3.05) is 13.6 Å². The summed E-state index contributed by atoms with van der Waals surface area (Å²) in [6.07, 6.45) is -0.125. The Balaban J connectivity index is 2.78. The highest BCUT2D eigenvalue weighted by molar-refractivity contribution is 6.33. The van der Waals surface area contributed by atoms with Gasteiger partial charge in [-0.15, -0.1) is 0 Å². The van der Waals surface area contributed by atoms with Gasteiger partial charge in [-0.25, -0.2) is 0 Å². The minimum absolute atomic E-state index is 0.358. The molecular formula is C11H16Cl2N2O. The molecule has 4 N–H and O–H groups in total. The maximum atomic E-state index is 10.0. The SMILES string of the molecule is CNCCC(N)C(O)c1cc(Cl)ccc1Cl. The molecule has 0 aliphatic rings. The van der Waals surface area contributed by atoms with Crippen molar-refractivity contribution in [3.8, 4) is 0 Å². The van der Waals surface area contributed by atoms with Crippen LogP contribution in [0.25, 0.3) is 0 Å². The van der Waals surface area contributed by atoms with Crippen molar-refractivity contribution in [1.82, 2.24) is 5.32 Å². The summed E-state index contributed by atoms with van der Waals surface area (Å²) >= 11 is 11.8. The van der Waals surface area contributed by atoms with E-state index in [0.29, 0.717) is 22.0 Å². The van der Waals surface area contributed by atoms with E-state index in [4.69, 9.17) is 28.9 Å². The van der Waals surface area contributed by atoms with Gasteiger partial charge in [0.15, 0.2) is 0 Å². The third kappa shape index (κ3) is 3.61. The summed E-state index contributed by atoms with van der Waals surface area (Å²) in [6, 6.07) is 4.63. The Labute approximate surface area is 106 Å². The van der Waals surface area contributed by atoms with Gasteiger partial charge in [-0.3, -0.25) is 0 Å². The maximum absolute atomic E-state index is 10.0. The molecule has 1 aromatic carbocycles. The van der Waals surface area contributed by atoms with Crippen LogP contribution in [0.15, 0.2) is 18.2 Å². The van der Waals surface area contributed by atoms with Gasteiger partial charge in [0.25, 0.3) is 0 Å². The minimum atomic E-state index is -0.792. The standard InChI is InChI=1S/C11H16Cl2N2O/c1-15-5-4-10(14)11(16)8-6-7(12)2-3-9(8)13/h2-3,6,10-11,15-16H,4-5,14H2,1H3. The summed E-state index contributed by atoms with van der Waals surface area (Å²) in [4.78, 5) is 0. The quantitative estimate of drug-likeness (QED) is 0.761. The number of nitrogens with one attached hydrogen (secondary N) is 1. The molecule has 0 spiro atoms. The Morgan fingerprint density at radius 2 is 2.12 bits per heavy atom. The lowest BCUT2D eigenvalue weighted by atomic mass is 10.0. The van der Waals surface area contributed by atoms with Crippen molar-refractivity contribution in [3.63, 3.8) is 0 Å². The average Bonchev–Trinajstić information content (AvgIpc) is 2.28. The van der Waals surface area contributed by atoms with Gasteiger partial charge in [-0.1, -0.05) is 23.2 Å². The van der Waals surface area contributed by atoms with Gasteiger partial charge >= 0.3 is 0 Å². The number of aliphatic hydroxyl groups is 1. The molecule has 0 radical (unpaired) electrons. The number of aliphatic hydroxyl groups excluding tert-OH is 1. The monoisotopic (exact) mass is 262 g/mol. The number of benzene rings is 1. The Bertz CT molecular complexity index is 347. The minimum Gasteiger partial charge on any atom is -0.387 e. The molecule has 0 aliphatic carbocycles. The van der Waals surface area contributed by atoms with Gasteiger partial charge in [0, 0.05) is 21.7 Å². The van der Waals surface area contributed by atoms with Crippen LogP contribution in [0.4, 0.5) is 0 Å². The lowest BCUT2D eigenvalue weighted by molar-refractivity contribution is 0.142. The van der Waals surface area contributed by atoms with Crippen LogP contribution in [0.1, 0.15) is 18.1 Å². The Hall–Kier alpha value is -0.320. The molecule has 90 valence electrons. The van der Waals surface area contributed by atoms with Crippen molar-refractivity contribution in [3.05, 3.63) is 33.8 Å². The van der Waals surface area contributed by atoms with E-state index in [1.54, 1.807) is 18.2 Å². The second-order valence-corrected chi connectivity index (χ2v) is 4.51. The van der Waals surface area contributed by atoms with Crippen LogP contribution in [0.2, 0.25) is 10.0 Å². The fraction of sp³-hybridized carbons (Fsp3) is 0.455. The first-order valence-electron chi connectivity index (χ1n) is 5.09. The van der Waals surface area contributed by atoms with Crippen molar-refractivity contribution < 1.29 is 5.11 Å². The second-order valence-electron chi connectivity index (χ2n) is 3.67. The highest BCUT2D eigenvalue weighted by Crippen LogP contribution is 2.28. The topological polar surface area (TPSA) is 58.3 Å². The van der Waals surface area contributed by atoms with E-state index in [1.807, 2.05) is 7.05 Å². The van der Waals surface area contributed by atoms with Gasteiger partial charge < -0.3 is 16.2 Å². The van der Waals surface area contributed by atoms with Gasteiger partial charge in [-0.05, 0) is 38.2 Å². The summed E-state index contributed by atoms with van der Waals surface area (Å²) in [5.74, 6) is 0. The average molecular weight is 263 g/mol. The number of hydrogen-bond acceptors (Lipinski definition) is 3. The molecule has 0 bridgehead atoms. The first-order chi connectivity index (χ1) is 7.56. The number of halogens is 2. The zero-order valence-electron chi connectivity index (χ0n) is 9.08. The summed E-state index contributed by atoms with van der Waals surface area (Å²) in [5.41, 5.74) is 6.44. The third-order valence-corrected chi connectivity index (χ3v) is 2.99. The van der Waals surface area contributed by atoms with Gasteiger partial charge in [0.05, 0.1) is 6.10 Å². The number of nitrogens with two attached hydrogens (primary N) is 1. The van der Waals surface area contributed by atoms with Crippen molar-refractivity contribution in [2.24, 2.45) is 5.73 Å². The van der Waals surface area contributed by atoms with E-state index in [9.17, 15) is 5.11 Å². The Morgan fingerprint density at radius 3 is 2.75 bits per heavy atom. The molecule has 16 heavy (non-hydrogen) atoms. The highest BCUT2D eigenvalue weighted by Gasteiger charge is 2.19. The predicted octanol–water partition coefficient (Wildman–Crippen LogP) is 1.96. The fourth-order valence-electron chi connectivity index (χ4n) is 1.44. The Kier molecular flexibility index (Phi) is 5.52.